The molecular weight excluding hydrogens is 398 g/mol. The van der Waals surface area contributed by atoms with Crippen LogP contribution in [0.2, 0.25) is 0 Å². The van der Waals surface area contributed by atoms with Gasteiger partial charge in [0.1, 0.15) is 0 Å². The van der Waals surface area contributed by atoms with Crippen LogP contribution >= 0.6 is 0 Å². The summed E-state index contributed by atoms with van der Waals surface area (Å²) in [5.74, 6) is 0.0153. The molecule has 1 aromatic heterocycles. The second-order valence-corrected chi connectivity index (χ2v) is 8.79. The van der Waals surface area contributed by atoms with Gasteiger partial charge in [0.15, 0.2) is 0 Å². The Bertz CT molecular complexity index is 1070. The predicted octanol–water partition coefficient (Wildman–Crippen LogP) is 4.30. The van der Waals surface area contributed by atoms with Crippen LogP contribution in [0.25, 0.3) is 11.1 Å². The van der Waals surface area contributed by atoms with Crippen molar-refractivity contribution in [3.63, 3.8) is 0 Å². The number of rotatable bonds is 5. The second kappa shape index (κ2) is 9.35. The first-order valence-corrected chi connectivity index (χ1v) is 11.0. The second-order valence-electron chi connectivity index (χ2n) is 8.79. The number of pyridine rings is 1. The van der Waals surface area contributed by atoms with Gasteiger partial charge in [0.25, 0.3) is 5.91 Å². The van der Waals surface area contributed by atoms with Gasteiger partial charge in [0.05, 0.1) is 11.0 Å². The van der Waals surface area contributed by atoms with Gasteiger partial charge in [-0.1, -0.05) is 54.6 Å². The van der Waals surface area contributed by atoms with Gasteiger partial charge in [0.2, 0.25) is 5.91 Å². The quantitative estimate of drug-likeness (QED) is 0.610. The summed E-state index contributed by atoms with van der Waals surface area (Å²) in [6.45, 7) is 1.07. The first kappa shape index (κ1) is 21.8. The Labute approximate surface area is 189 Å². The molecule has 4 rings (SSSR count). The topological polar surface area (TPSA) is 53.5 Å². The van der Waals surface area contributed by atoms with Crippen LogP contribution in [0.15, 0.2) is 79.1 Å². The van der Waals surface area contributed by atoms with Crippen LogP contribution < -0.4 is 0 Å². The first-order valence-electron chi connectivity index (χ1n) is 11.0. The van der Waals surface area contributed by atoms with Crippen LogP contribution in [0.5, 0.6) is 0 Å². The van der Waals surface area contributed by atoms with Gasteiger partial charge in [-0.15, -0.1) is 0 Å². The molecule has 1 fully saturated rings. The SMILES string of the molecule is CN(C)C(=O)[C@]1(Cc2ccc(-c3ccccc3)cc2)CCCN(C(=O)c2cccnc2)C1. The lowest BCUT2D eigenvalue weighted by Gasteiger charge is -2.43. The van der Waals surface area contributed by atoms with Crippen molar-refractivity contribution >= 4 is 11.8 Å². The molecule has 1 atom stereocenters. The van der Waals surface area contributed by atoms with Gasteiger partial charge < -0.3 is 9.80 Å². The molecule has 0 aliphatic carbocycles. The number of amides is 2. The molecule has 3 aromatic rings. The highest BCUT2D eigenvalue weighted by Gasteiger charge is 2.44. The lowest BCUT2D eigenvalue weighted by molar-refractivity contribution is -0.142. The third kappa shape index (κ3) is 4.57. The number of nitrogens with zero attached hydrogens (tertiary/aromatic N) is 3. The van der Waals surface area contributed by atoms with Crippen LogP contribution in [0.1, 0.15) is 28.8 Å². The monoisotopic (exact) mass is 427 g/mol. The van der Waals surface area contributed by atoms with Crippen LogP contribution in [0.4, 0.5) is 0 Å². The average molecular weight is 428 g/mol. The van der Waals surface area contributed by atoms with Gasteiger partial charge >= 0.3 is 0 Å². The molecule has 0 spiro atoms. The Kier molecular flexibility index (Phi) is 6.35. The third-order valence-corrected chi connectivity index (χ3v) is 6.24. The minimum Gasteiger partial charge on any atom is -0.348 e. The molecule has 2 aromatic carbocycles. The van der Waals surface area contributed by atoms with E-state index < -0.39 is 5.41 Å². The van der Waals surface area contributed by atoms with Crippen LogP contribution in [0, 0.1) is 5.41 Å². The summed E-state index contributed by atoms with van der Waals surface area (Å²) < 4.78 is 0. The number of benzene rings is 2. The van der Waals surface area contributed by atoms with Gasteiger partial charge in [-0.25, -0.2) is 0 Å². The summed E-state index contributed by atoms with van der Waals surface area (Å²) in [6.07, 6.45) is 5.42. The van der Waals surface area contributed by atoms with Crippen molar-refractivity contribution in [3.8, 4) is 11.1 Å². The van der Waals surface area contributed by atoms with E-state index in [0.29, 0.717) is 25.1 Å². The number of carbonyl (C=O) groups excluding carboxylic acids is 2. The molecule has 1 saturated heterocycles. The van der Waals surface area contributed by atoms with E-state index in [0.717, 1.165) is 24.0 Å². The molecular formula is C27H29N3O2. The molecule has 32 heavy (non-hydrogen) atoms. The maximum Gasteiger partial charge on any atom is 0.255 e. The van der Waals surface area contributed by atoms with Gasteiger partial charge in [-0.3, -0.25) is 14.6 Å². The van der Waals surface area contributed by atoms with Crippen molar-refractivity contribution in [2.45, 2.75) is 19.3 Å². The molecule has 1 aliphatic rings. The number of likely N-dealkylation sites (tertiary alicyclic amines) is 1. The molecule has 5 nitrogen and oxygen atoms in total. The Morgan fingerprint density at radius 2 is 1.69 bits per heavy atom. The summed E-state index contributed by atoms with van der Waals surface area (Å²) in [5, 5.41) is 0. The van der Waals surface area contributed by atoms with Gasteiger partial charge in [-0.2, -0.15) is 0 Å². The van der Waals surface area contributed by atoms with Gasteiger partial charge in [0, 0.05) is 39.6 Å². The standard InChI is InChI=1S/C27H29N3O2/c1-29(2)26(32)27(15-7-17-30(20-27)25(31)24-10-6-16-28-19-24)18-21-11-13-23(14-12-21)22-8-4-3-5-9-22/h3-6,8-14,16,19H,7,15,17-18,20H2,1-2H3/t27-/m0/s1. The normalized spacial score (nSPS) is 18.2. The summed E-state index contributed by atoms with van der Waals surface area (Å²) in [7, 11) is 3.59. The summed E-state index contributed by atoms with van der Waals surface area (Å²) >= 11 is 0. The number of piperidine rings is 1. The Morgan fingerprint density at radius 3 is 2.34 bits per heavy atom. The average Bonchev–Trinajstić information content (AvgIpc) is 2.84. The third-order valence-electron chi connectivity index (χ3n) is 6.24. The van der Waals surface area contributed by atoms with Crippen molar-refractivity contribution in [2.24, 2.45) is 5.41 Å². The number of aromatic nitrogens is 1. The predicted molar refractivity (Wildman–Crippen MR) is 126 cm³/mol. The Morgan fingerprint density at radius 1 is 0.969 bits per heavy atom. The lowest BCUT2D eigenvalue weighted by atomic mass is 9.73. The maximum absolute atomic E-state index is 13.4. The van der Waals surface area contributed by atoms with Crippen molar-refractivity contribution in [3.05, 3.63) is 90.3 Å². The minimum atomic E-state index is -0.631. The molecule has 0 radical (unpaired) electrons. The van der Waals surface area contributed by atoms with E-state index in [9.17, 15) is 9.59 Å². The fourth-order valence-corrected chi connectivity index (χ4v) is 4.68. The zero-order chi connectivity index (χ0) is 22.6. The van der Waals surface area contributed by atoms with E-state index in [1.54, 1.807) is 43.5 Å². The van der Waals surface area contributed by atoms with Crippen LogP contribution in [-0.4, -0.2) is 53.8 Å². The van der Waals surface area contributed by atoms with E-state index in [1.165, 1.54) is 5.56 Å². The number of hydrogen-bond donors (Lipinski definition) is 0. The molecule has 0 saturated carbocycles. The molecule has 0 unspecified atom stereocenters. The van der Waals surface area contributed by atoms with Gasteiger partial charge in [-0.05, 0) is 48.1 Å². The Balaban J connectivity index is 1.59. The van der Waals surface area contributed by atoms with Crippen molar-refractivity contribution in [1.29, 1.82) is 0 Å². The highest BCUT2D eigenvalue weighted by Crippen LogP contribution is 2.36. The fourth-order valence-electron chi connectivity index (χ4n) is 4.68. The smallest absolute Gasteiger partial charge is 0.255 e. The maximum atomic E-state index is 13.4. The van der Waals surface area contributed by atoms with Crippen LogP contribution in [0.3, 0.4) is 0 Å². The molecule has 0 N–H and O–H groups in total. The zero-order valence-electron chi connectivity index (χ0n) is 18.7. The van der Waals surface area contributed by atoms with E-state index >= 15 is 0 Å². The van der Waals surface area contributed by atoms with Crippen molar-refractivity contribution < 1.29 is 9.59 Å². The molecule has 1 aliphatic heterocycles. The van der Waals surface area contributed by atoms with E-state index in [1.807, 2.05) is 23.1 Å². The highest BCUT2D eigenvalue weighted by molar-refractivity contribution is 5.94. The summed E-state index contributed by atoms with van der Waals surface area (Å²) in [5.41, 5.74) is 3.36. The zero-order valence-corrected chi connectivity index (χ0v) is 18.7. The number of hydrogen-bond acceptors (Lipinski definition) is 3. The van der Waals surface area contributed by atoms with E-state index in [2.05, 4.69) is 41.4 Å². The highest BCUT2D eigenvalue weighted by atomic mass is 16.2. The molecule has 2 amide bonds. The van der Waals surface area contributed by atoms with Crippen molar-refractivity contribution in [1.82, 2.24) is 14.8 Å². The van der Waals surface area contributed by atoms with E-state index in [-0.39, 0.29) is 11.8 Å². The summed E-state index contributed by atoms with van der Waals surface area (Å²) in [4.78, 5) is 34.0. The van der Waals surface area contributed by atoms with Crippen LogP contribution in [-0.2, 0) is 11.2 Å². The summed E-state index contributed by atoms with van der Waals surface area (Å²) in [6, 6.07) is 22.2. The molecule has 5 heteroatoms. The Hall–Kier alpha value is -3.47. The first-order chi connectivity index (χ1) is 15.5. The molecule has 0 bridgehead atoms. The molecule has 2 heterocycles. The largest absolute Gasteiger partial charge is 0.348 e. The minimum absolute atomic E-state index is 0.0619. The van der Waals surface area contributed by atoms with E-state index in [4.69, 9.17) is 0 Å². The fraction of sp³-hybridized carbons (Fsp3) is 0.296. The van der Waals surface area contributed by atoms with Crippen molar-refractivity contribution in [2.75, 3.05) is 27.2 Å². The lowest BCUT2D eigenvalue weighted by Crippen LogP contribution is -2.54. The number of carbonyl (C=O) groups is 2. The molecule has 164 valence electrons.